The Morgan fingerprint density at radius 3 is 2.71 bits per heavy atom. The van der Waals surface area contributed by atoms with E-state index >= 15 is 0 Å². The van der Waals surface area contributed by atoms with Crippen LogP contribution in [0.5, 0.6) is 0 Å². The first-order chi connectivity index (χ1) is 10.2. The van der Waals surface area contributed by atoms with Crippen LogP contribution in [0.3, 0.4) is 0 Å². The Labute approximate surface area is 127 Å². The molecule has 21 heavy (non-hydrogen) atoms. The summed E-state index contributed by atoms with van der Waals surface area (Å²) in [5.74, 6) is -0.271. The number of anilines is 2. The minimum absolute atomic E-state index is 0.115. The third kappa shape index (κ3) is 4.51. The van der Waals surface area contributed by atoms with Crippen molar-refractivity contribution < 1.29 is 9.90 Å². The van der Waals surface area contributed by atoms with Crippen molar-refractivity contribution in [3.8, 4) is 0 Å². The monoisotopic (exact) mass is 306 g/mol. The van der Waals surface area contributed by atoms with Crippen molar-refractivity contribution in [2.45, 2.75) is 19.8 Å². The molecule has 0 radical (unpaired) electrons. The van der Waals surface area contributed by atoms with Gasteiger partial charge >= 0.3 is 0 Å². The van der Waals surface area contributed by atoms with Gasteiger partial charge in [0, 0.05) is 18.8 Å². The van der Waals surface area contributed by atoms with Crippen LogP contribution >= 0.6 is 11.3 Å². The quantitative estimate of drug-likeness (QED) is 0.729. The van der Waals surface area contributed by atoms with Gasteiger partial charge in [0.15, 0.2) is 0 Å². The second kappa shape index (κ2) is 7.70. The summed E-state index contributed by atoms with van der Waals surface area (Å²) in [6.07, 6.45) is 1.60. The van der Waals surface area contributed by atoms with Crippen LogP contribution in [0, 0.1) is 0 Å². The van der Waals surface area contributed by atoms with Crippen LogP contribution in [-0.4, -0.2) is 34.4 Å². The topological polar surface area (TPSA) is 87.1 Å². The molecule has 1 aromatic heterocycles. The average Bonchev–Trinajstić information content (AvgIpc) is 2.96. The Hall–Kier alpha value is -1.99. The van der Waals surface area contributed by atoms with Gasteiger partial charge in [-0.1, -0.05) is 30.4 Å². The van der Waals surface area contributed by atoms with Crippen LogP contribution in [0.4, 0.5) is 10.8 Å². The molecule has 0 atom stereocenters. The predicted octanol–water partition coefficient (Wildman–Crippen LogP) is 2.15. The molecule has 2 rings (SSSR count). The van der Waals surface area contributed by atoms with Crippen LogP contribution < -0.4 is 10.6 Å². The van der Waals surface area contributed by atoms with E-state index in [9.17, 15) is 4.79 Å². The lowest BCUT2D eigenvalue weighted by Gasteiger charge is -2.04. The molecule has 0 aliphatic carbocycles. The fourth-order valence-electron chi connectivity index (χ4n) is 1.69. The van der Waals surface area contributed by atoms with Crippen LogP contribution in [-0.2, 0) is 6.42 Å². The molecule has 1 heterocycles. The van der Waals surface area contributed by atoms with Gasteiger partial charge in [-0.3, -0.25) is 4.79 Å². The van der Waals surface area contributed by atoms with Gasteiger partial charge in [-0.2, -0.15) is 0 Å². The summed E-state index contributed by atoms with van der Waals surface area (Å²) in [6.45, 7) is 2.98. The summed E-state index contributed by atoms with van der Waals surface area (Å²) in [5, 5.41) is 23.5. The predicted molar refractivity (Wildman–Crippen MR) is 83.9 cm³/mol. The Balaban J connectivity index is 1.95. The highest BCUT2D eigenvalue weighted by molar-refractivity contribution is 7.17. The highest BCUT2D eigenvalue weighted by Gasteiger charge is 2.12. The molecule has 0 saturated carbocycles. The number of nitrogens with zero attached hydrogens (tertiary/aromatic N) is 2. The van der Waals surface area contributed by atoms with Gasteiger partial charge in [0.1, 0.15) is 0 Å². The SMILES string of the molecule is CCCNc1nnc(C(=O)Nc2ccc(CCO)cc2)s1. The molecule has 0 unspecified atom stereocenters. The number of aliphatic hydroxyl groups is 1. The van der Waals surface area contributed by atoms with Crippen molar-refractivity contribution >= 4 is 28.1 Å². The molecule has 7 heteroatoms. The van der Waals surface area contributed by atoms with Gasteiger partial charge < -0.3 is 15.7 Å². The highest BCUT2D eigenvalue weighted by atomic mass is 32.1. The molecule has 0 aliphatic rings. The van der Waals surface area contributed by atoms with Crippen LogP contribution in [0.1, 0.15) is 28.7 Å². The third-order valence-electron chi connectivity index (χ3n) is 2.76. The van der Waals surface area contributed by atoms with Crippen molar-refractivity contribution in [3.05, 3.63) is 34.8 Å². The summed E-state index contributed by atoms with van der Waals surface area (Å²) in [6, 6.07) is 7.36. The molecule has 2 aromatic rings. The summed E-state index contributed by atoms with van der Waals surface area (Å²) in [5.41, 5.74) is 1.72. The number of amides is 1. The Morgan fingerprint density at radius 1 is 1.29 bits per heavy atom. The molecule has 0 aliphatic heterocycles. The zero-order valence-corrected chi connectivity index (χ0v) is 12.6. The highest BCUT2D eigenvalue weighted by Crippen LogP contribution is 2.17. The van der Waals surface area contributed by atoms with Gasteiger partial charge in [-0.15, -0.1) is 10.2 Å². The van der Waals surface area contributed by atoms with Crippen LogP contribution in [0.2, 0.25) is 0 Å². The lowest BCUT2D eigenvalue weighted by Crippen LogP contribution is -2.11. The zero-order valence-electron chi connectivity index (χ0n) is 11.8. The largest absolute Gasteiger partial charge is 0.396 e. The second-order valence-electron chi connectivity index (χ2n) is 4.46. The number of nitrogens with one attached hydrogen (secondary N) is 2. The molecule has 6 nitrogen and oxygen atoms in total. The van der Waals surface area contributed by atoms with Crippen molar-refractivity contribution in [1.29, 1.82) is 0 Å². The van der Waals surface area contributed by atoms with E-state index < -0.39 is 0 Å². The third-order valence-corrected chi connectivity index (χ3v) is 3.64. The number of benzene rings is 1. The van der Waals surface area contributed by atoms with Gasteiger partial charge in [0.05, 0.1) is 0 Å². The number of rotatable bonds is 7. The molecule has 0 bridgehead atoms. The summed E-state index contributed by atoms with van der Waals surface area (Å²) < 4.78 is 0. The number of hydrogen-bond donors (Lipinski definition) is 3. The van der Waals surface area contributed by atoms with E-state index in [4.69, 9.17) is 5.11 Å². The number of carbonyl (C=O) groups excluding carboxylic acids is 1. The maximum atomic E-state index is 12.0. The first kappa shape index (κ1) is 15.4. The molecule has 112 valence electrons. The molecule has 0 saturated heterocycles. The van der Waals surface area contributed by atoms with Crippen molar-refractivity contribution in [2.24, 2.45) is 0 Å². The minimum Gasteiger partial charge on any atom is -0.396 e. The maximum absolute atomic E-state index is 12.0. The Bertz CT molecular complexity index is 583. The van der Waals surface area contributed by atoms with Gasteiger partial charge in [-0.05, 0) is 30.5 Å². The van der Waals surface area contributed by atoms with E-state index in [-0.39, 0.29) is 12.5 Å². The second-order valence-corrected chi connectivity index (χ2v) is 5.44. The zero-order chi connectivity index (χ0) is 15.1. The number of aromatic nitrogens is 2. The summed E-state index contributed by atoms with van der Waals surface area (Å²) >= 11 is 1.23. The molecule has 0 spiro atoms. The Kier molecular flexibility index (Phi) is 5.65. The first-order valence-corrected chi connectivity index (χ1v) is 7.63. The van der Waals surface area contributed by atoms with E-state index in [1.165, 1.54) is 11.3 Å². The lowest BCUT2D eigenvalue weighted by atomic mass is 10.1. The van der Waals surface area contributed by atoms with E-state index in [1.807, 2.05) is 12.1 Å². The average molecular weight is 306 g/mol. The molecule has 0 fully saturated rings. The molecule has 1 aromatic carbocycles. The summed E-state index contributed by atoms with van der Waals surface area (Å²) in [4.78, 5) is 12.0. The molecule has 1 amide bonds. The van der Waals surface area contributed by atoms with Gasteiger partial charge in [-0.25, -0.2) is 0 Å². The van der Waals surface area contributed by atoms with E-state index in [0.717, 1.165) is 18.5 Å². The van der Waals surface area contributed by atoms with Crippen molar-refractivity contribution in [2.75, 3.05) is 23.8 Å². The number of carbonyl (C=O) groups is 1. The standard InChI is InChI=1S/C14H18N4O2S/c1-2-8-15-14-18-17-13(21-14)12(20)16-11-5-3-10(4-6-11)7-9-19/h3-6,19H,2,7-9H2,1H3,(H,15,18)(H,16,20). The number of hydrogen-bond acceptors (Lipinski definition) is 6. The maximum Gasteiger partial charge on any atom is 0.286 e. The fourth-order valence-corrected chi connectivity index (χ4v) is 2.35. The molecular formula is C14H18N4O2S. The van der Waals surface area contributed by atoms with Gasteiger partial charge in [0.25, 0.3) is 5.91 Å². The lowest BCUT2D eigenvalue weighted by molar-refractivity contribution is 0.102. The smallest absolute Gasteiger partial charge is 0.286 e. The minimum atomic E-state index is -0.271. The summed E-state index contributed by atoms with van der Waals surface area (Å²) in [7, 11) is 0. The fraction of sp³-hybridized carbons (Fsp3) is 0.357. The van der Waals surface area contributed by atoms with E-state index in [0.29, 0.717) is 22.2 Å². The van der Waals surface area contributed by atoms with Crippen molar-refractivity contribution in [1.82, 2.24) is 10.2 Å². The van der Waals surface area contributed by atoms with E-state index in [2.05, 4.69) is 27.8 Å². The Morgan fingerprint density at radius 2 is 2.05 bits per heavy atom. The molecule has 3 N–H and O–H groups in total. The number of aliphatic hydroxyl groups excluding tert-OH is 1. The van der Waals surface area contributed by atoms with Gasteiger partial charge in [0.2, 0.25) is 10.1 Å². The first-order valence-electron chi connectivity index (χ1n) is 6.81. The van der Waals surface area contributed by atoms with Crippen LogP contribution in [0.15, 0.2) is 24.3 Å². The molecular weight excluding hydrogens is 288 g/mol. The normalized spacial score (nSPS) is 10.4. The van der Waals surface area contributed by atoms with Crippen LogP contribution in [0.25, 0.3) is 0 Å². The van der Waals surface area contributed by atoms with Crippen molar-refractivity contribution in [3.63, 3.8) is 0 Å². The van der Waals surface area contributed by atoms with E-state index in [1.54, 1.807) is 12.1 Å².